The van der Waals surface area contributed by atoms with Crippen LogP contribution in [0.15, 0.2) is 24.3 Å². The van der Waals surface area contributed by atoms with Gasteiger partial charge in [-0.25, -0.2) is 0 Å². The van der Waals surface area contributed by atoms with Gasteiger partial charge in [0.2, 0.25) is 0 Å². The molecule has 0 saturated heterocycles. The lowest BCUT2D eigenvalue weighted by Crippen LogP contribution is -2.49. The van der Waals surface area contributed by atoms with Crippen molar-refractivity contribution in [3.63, 3.8) is 0 Å². The fraction of sp³-hybridized carbons (Fsp3) is 0.647. The minimum absolute atomic E-state index is 0.357. The van der Waals surface area contributed by atoms with Crippen LogP contribution in [0.1, 0.15) is 36.8 Å². The molecule has 0 heterocycles. The van der Waals surface area contributed by atoms with Crippen molar-refractivity contribution >= 4 is 0 Å². The van der Waals surface area contributed by atoms with Crippen LogP contribution in [-0.2, 0) is 17.9 Å². The van der Waals surface area contributed by atoms with Crippen molar-refractivity contribution < 1.29 is 4.74 Å². The molecule has 0 bridgehead atoms. The first kappa shape index (κ1) is 15.5. The zero-order valence-electron chi connectivity index (χ0n) is 13.1. The second-order valence-electron chi connectivity index (χ2n) is 6.13. The first-order valence-corrected chi connectivity index (χ1v) is 7.62. The summed E-state index contributed by atoms with van der Waals surface area (Å²) in [5, 5.41) is 3.67. The Labute approximate surface area is 123 Å². The average Bonchev–Trinajstić information content (AvgIpc) is 2.91. The fourth-order valence-corrected chi connectivity index (χ4v) is 3.27. The third kappa shape index (κ3) is 3.60. The normalized spacial score (nSPS) is 17.8. The van der Waals surface area contributed by atoms with E-state index in [1.54, 1.807) is 7.11 Å². The molecule has 112 valence electrons. The molecular weight excluding hydrogens is 248 g/mol. The monoisotopic (exact) mass is 276 g/mol. The minimum Gasteiger partial charge on any atom is -0.380 e. The summed E-state index contributed by atoms with van der Waals surface area (Å²) in [5.41, 5.74) is 2.99. The maximum atomic E-state index is 5.27. The molecule has 1 fully saturated rings. The summed E-state index contributed by atoms with van der Waals surface area (Å²) in [7, 11) is 6.18. The highest BCUT2D eigenvalue weighted by Crippen LogP contribution is 2.33. The predicted molar refractivity (Wildman–Crippen MR) is 83.7 cm³/mol. The van der Waals surface area contributed by atoms with Gasteiger partial charge in [-0.1, -0.05) is 37.1 Å². The van der Waals surface area contributed by atoms with Gasteiger partial charge in [0, 0.05) is 25.7 Å². The standard InChI is InChI=1S/C17H28N2O/c1-19(2)17(10-6-7-11-17)14-18-12-15-8-4-5-9-16(15)13-20-3/h4-5,8-9,18H,6-7,10-14H2,1-3H3. The summed E-state index contributed by atoms with van der Waals surface area (Å²) in [6.45, 7) is 2.69. The molecule has 3 heteroatoms. The van der Waals surface area contributed by atoms with Gasteiger partial charge in [0.15, 0.2) is 0 Å². The summed E-state index contributed by atoms with van der Waals surface area (Å²) < 4.78 is 5.27. The molecule has 1 aliphatic carbocycles. The third-order valence-corrected chi connectivity index (χ3v) is 4.67. The quantitative estimate of drug-likeness (QED) is 0.829. The molecule has 0 aliphatic heterocycles. The summed E-state index contributed by atoms with van der Waals surface area (Å²) >= 11 is 0. The smallest absolute Gasteiger partial charge is 0.0716 e. The minimum atomic E-state index is 0.357. The van der Waals surface area contributed by atoms with Crippen LogP contribution in [0, 0.1) is 0 Å². The van der Waals surface area contributed by atoms with E-state index >= 15 is 0 Å². The van der Waals surface area contributed by atoms with Crippen LogP contribution in [-0.4, -0.2) is 38.2 Å². The van der Waals surface area contributed by atoms with Crippen LogP contribution in [0.2, 0.25) is 0 Å². The topological polar surface area (TPSA) is 24.5 Å². The van der Waals surface area contributed by atoms with Crippen molar-refractivity contribution in [2.45, 2.75) is 44.4 Å². The number of likely N-dealkylation sites (N-methyl/N-ethyl adjacent to an activating group) is 1. The number of ether oxygens (including phenoxy) is 1. The number of rotatable bonds is 7. The largest absolute Gasteiger partial charge is 0.380 e. The maximum absolute atomic E-state index is 5.27. The highest BCUT2D eigenvalue weighted by atomic mass is 16.5. The molecule has 1 aliphatic rings. The second kappa shape index (κ2) is 7.21. The van der Waals surface area contributed by atoms with Gasteiger partial charge in [-0.05, 0) is 38.1 Å². The molecule has 0 atom stereocenters. The van der Waals surface area contributed by atoms with E-state index in [0.29, 0.717) is 12.1 Å². The number of nitrogens with one attached hydrogen (secondary N) is 1. The Bertz CT molecular complexity index is 411. The molecule has 1 aromatic rings. The Kier molecular flexibility index (Phi) is 5.58. The highest BCUT2D eigenvalue weighted by Gasteiger charge is 2.35. The van der Waals surface area contributed by atoms with Gasteiger partial charge in [-0.3, -0.25) is 0 Å². The Morgan fingerprint density at radius 2 is 1.80 bits per heavy atom. The molecule has 3 nitrogen and oxygen atoms in total. The summed E-state index contributed by atoms with van der Waals surface area (Å²) in [5.74, 6) is 0. The Morgan fingerprint density at radius 1 is 1.15 bits per heavy atom. The maximum Gasteiger partial charge on any atom is 0.0716 e. The molecule has 0 radical (unpaired) electrons. The van der Waals surface area contributed by atoms with Crippen molar-refractivity contribution in [3.8, 4) is 0 Å². The first-order chi connectivity index (χ1) is 9.68. The van der Waals surface area contributed by atoms with Crippen LogP contribution >= 0.6 is 0 Å². The van der Waals surface area contributed by atoms with E-state index in [9.17, 15) is 0 Å². The lowest BCUT2D eigenvalue weighted by atomic mass is 9.96. The van der Waals surface area contributed by atoms with Gasteiger partial charge >= 0.3 is 0 Å². The Morgan fingerprint density at radius 3 is 2.40 bits per heavy atom. The third-order valence-electron chi connectivity index (χ3n) is 4.67. The number of hydrogen-bond donors (Lipinski definition) is 1. The number of hydrogen-bond acceptors (Lipinski definition) is 3. The number of benzene rings is 1. The van der Waals surface area contributed by atoms with Crippen molar-refractivity contribution in [1.29, 1.82) is 0 Å². The molecule has 0 amide bonds. The van der Waals surface area contributed by atoms with E-state index in [1.807, 2.05) is 0 Å². The lowest BCUT2D eigenvalue weighted by molar-refractivity contribution is 0.153. The van der Waals surface area contributed by atoms with Crippen molar-refractivity contribution in [1.82, 2.24) is 10.2 Å². The van der Waals surface area contributed by atoms with Gasteiger partial charge in [-0.15, -0.1) is 0 Å². The van der Waals surface area contributed by atoms with E-state index in [4.69, 9.17) is 4.74 Å². The number of methoxy groups -OCH3 is 1. The molecule has 1 aromatic carbocycles. The zero-order chi connectivity index (χ0) is 14.4. The van der Waals surface area contributed by atoms with Crippen molar-refractivity contribution in [2.75, 3.05) is 27.7 Å². The van der Waals surface area contributed by atoms with Gasteiger partial charge < -0.3 is 15.0 Å². The molecule has 1 N–H and O–H groups in total. The first-order valence-electron chi connectivity index (χ1n) is 7.62. The number of nitrogens with zero attached hydrogens (tertiary/aromatic N) is 1. The van der Waals surface area contributed by atoms with Crippen LogP contribution < -0.4 is 5.32 Å². The van der Waals surface area contributed by atoms with Gasteiger partial charge in [-0.2, -0.15) is 0 Å². The second-order valence-corrected chi connectivity index (χ2v) is 6.13. The molecule has 2 rings (SSSR count). The predicted octanol–water partition coefficient (Wildman–Crippen LogP) is 2.80. The van der Waals surface area contributed by atoms with Gasteiger partial charge in [0.1, 0.15) is 0 Å². The lowest BCUT2D eigenvalue weighted by Gasteiger charge is -2.36. The Hall–Kier alpha value is -0.900. The van der Waals surface area contributed by atoms with E-state index < -0.39 is 0 Å². The van der Waals surface area contributed by atoms with Crippen LogP contribution in [0.3, 0.4) is 0 Å². The molecule has 0 spiro atoms. The van der Waals surface area contributed by atoms with Crippen LogP contribution in [0.25, 0.3) is 0 Å². The fourth-order valence-electron chi connectivity index (χ4n) is 3.27. The molecule has 0 aromatic heterocycles. The van der Waals surface area contributed by atoms with E-state index in [1.165, 1.54) is 36.8 Å². The van der Waals surface area contributed by atoms with Crippen LogP contribution in [0.5, 0.6) is 0 Å². The van der Waals surface area contributed by atoms with Gasteiger partial charge in [0.25, 0.3) is 0 Å². The Balaban J connectivity index is 1.92. The van der Waals surface area contributed by atoms with E-state index in [-0.39, 0.29) is 0 Å². The summed E-state index contributed by atoms with van der Waals surface area (Å²) in [4.78, 5) is 2.41. The van der Waals surface area contributed by atoms with Crippen LogP contribution in [0.4, 0.5) is 0 Å². The molecule has 0 unspecified atom stereocenters. The average molecular weight is 276 g/mol. The van der Waals surface area contributed by atoms with Crippen molar-refractivity contribution in [3.05, 3.63) is 35.4 Å². The summed E-state index contributed by atoms with van der Waals surface area (Å²) in [6, 6.07) is 8.53. The highest BCUT2D eigenvalue weighted by molar-refractivity contribution is 5.26. The van der Waals surface area contributed by atoms with Gasteiger partial charge in [0.05, 0.1) is 6.61 Å². The zero-order valence-corrected chi connectivity index (χ0v) is 13.1. The van der Waals surface area contributed by atoms with E-state index in [0.717, 1.165) is 13.1 Å². The molecule has 1 saturated carbocycles. The molecule has 20 heavy (non-hydrogen) atoms. The SMILES string of the molecule is COCc1ccccc1CNCC1(N(C)C)CCCC1. The van der Waals surface area contributed by atoms with E-state index in [2.05, 4.69) is 48.6 Å². The summed E-state index contributed by atoms with van der Waals surface area (Å²) in [6.07, 6.45) is 5.35. The molecular formula is C17H28N2O. The van der Waals surface area contributed by atoms with Crippen molar-refractivity contribution in [2.24, 2.45) is 0 Å².